The van der Waals surface area contributed by atoms with Crippen molar-refractivity contribution in [3.05, 3.63) is 17.7 Å². The summed E-state index contributed by atoms with van der Waals surface area (Å²) in [6.45, 7) is 0. The smallest absolute Gasteiger partial charge is 0.164 e. The van der Waals surface area contributed by atoms with Gasteiger partial charge in [-0.3, -0.25) is 0 Å². The molecule has 1 unspecified atom stereocenters. The van der Waals surface area contributed by atoms with Gasteiger partial charge >= 0.3 is 0 Å². The van der Waals surface area contributed by atoms with Crippen LogP contribution in [0.5, 0.6) is 17.2 Å². The third kappa shape index (κ3) is 2.22. The quantitative estimate of drug-likeness (QED) is 0.902. The first-order valence-corrected chi connectivity index (χ1v) is 7.38. The number of rotatable bonds is 2. The molecule has 0 bridgehead atoms. The van der Waals surface area contributed by atoms with Gasteiger partial charge in [0.1, 0.15) is 11.4 Å². The summed E-state index contributed by atoms with van der Waals surface area (Å²) in [4.78, 5) is 0. The molecule has 20 heavy (non-hydrogen) atoms. The van der Waals surface area contributed by atoms with Crippen molar-refractivity contribution in [3.63, 3.8) is 0 Å². The van der Waals surface area contributed by atoms with Crippen LogP contribution < -0.4 is 19.9 Å². The van der Waals surface area contributed by atoms with E-state index in [0.717, 1.165) is 30.6 Å². The van der Waals surface area contributed by atoms with Gasteiger partial charge in [-0.05, 0) is 31.7 Å². The van der Waals surface area contributed by atoms with Crippen molar-refractivity contribution in [2.45, 2.75) is 50.2 Å². The predicted octanol–water partition coefficient (Wildman–Crippen LogP) is 3.19. The van der Waals surface area contributed by atoms with Gasteiger partial charge in [0.15, 0.2) is 11.5 Å². The third-order valence-electron chi connectivity index (χ3n) is 4.60. The minimum atomic E-state index is -0.0652. The van der Waals surface area contributed by atoms with Crippen molar-refractivity contribution >= 4 is 0 Å². The van der Waals surface area contributed by atoms with E-state index in [1.807, 2.05) is 12.1 Å². The molecule has 1 aromatic rings. The van der Waals surface area contributed by atoms with Crippen LogP contribution in [0.25, 0.3) is 0 Å². The Labute approximate surface area is 120 Å². The fourth-order valence-corrected chi connectivity index (χ4v) is 3.54. The van der Waals surface area contributed by atoms with Crippen LogP contribution in [-0.2, 0) is 0 Å². The predicted molar refractivity (Wildman–Crippen MR) is 77.5 cm³/mol. The number of benzene rings is 1. The van der Waals surface area contributed by atoms with Crippen molar-refractivity contribution in [2.24, 2.45) is 5.73 Å². The topological polar surface area (TPSA) is 53.7 Å². The van der Waals surface area contributed by atoms with Gasteiger partial charge in [-0.25, -0.2) is 0 Å². The molecule has 1 saturated carbocycles. The summed E-state index contributed by atoms with van der Waals surface area (Å²) < 4.78 is 17.1. The molecule has 2 aliphatic rings. The normalized spacial score (nSPS) is 23.9. The number of methoxy groups -OCH3 is 2. The van der Waals surface area contributed by atoms with Crippen LogP contribution >= 0.6 is 0 Å². The lowest BCUT2D eigenvalue weighted by Gasteiger charge is -2.43. The first-order chi connectivity index (χ1) is 9.67. The number of fused-ring (bicyclic) bond motifs is 1. The first-order valence-electron chi connectivity index (χ1n) is 7.38. The highest BCUT2D eigenvalue weighted by Crippen LogP contribution is 2.48. The molecule has 1 fully saturated rings. The Morgan fingerprint density at radius 2 is 1.75 bits per heavy atom. The molecule has 0 aromatic heterocycles. The Bertz CT molecular complexity index is 495. The van der Waals surface area contributed by atoms with Crippen LogP contribution in [0.15, 0.2) is 12.1 Å². The highest BCUT2D eigenvalue weighted by atomic mass is 16.5. The summed E-state index contributed by atoms with van der Waals surface area (Å²) in [5, 5.41) is 0. The van der Waals surface area contributed by atoms with Gasteiger partial charge in [-0.1, -0.05) is 6.42 Å². The molecule has 1 aliphatic heterocycles. The summed E-state index contributed by atoms with van der Waals surface area (Å²) in [5.74, 6) is 2.28. The monoisotopic (exact) mass is 277 g/mol. The highest BCUT2D eigenvalue weighted by molar-refractivity contribution is 5.53. The van der Waals surface area contributed by atoms with Gasteiger partial charge < -0.3 is 19.9 Å². The van der Waals surface area contributed by atoms with E-state index < -0.39 is 0 Å². The molecule has 0 amide bonds. The Morgan fingerprint density at radius 3 is 2.40 bits per heavy atom. The molecule has 4 heteroatoms. The molecule has 2 N–H and O–H groups in total. The van der Waals surface area contributed by atoms with E-state index >= 15 is 0 Å². The largest absolute Gasteiger partial charge is 0.493 e. The maximum absolute atomic E-state index is 6.39. The summed E-state index contributed by atoms with van der Waals surface area (Å²) in [6, 6.07) is 3.88. The Kier molecular flexibility index (Phi) is 3.50. The van der Waals surface area contributed by atoms with Crippen LogP contribution in [0.3, 0.4) is 0 Å². The van der Waals surface area contributed by atoms with Crippen molar-refractivity contribution in [2.75, 3.05) is 14.2 Å². The summed E-state index contributed by atoms with van der Waals surface area (Å²) >= 11 is 0. The van der Waals surface area contributed by atoms with Crippen LogP contribution in [0.2, 0.25) is 0 Å². The molecule has 1 aliphatic carbocycles. The SMILES string of the molecule is COc1cc2c(cc1OC)C(N)CC1(CCCCC1)O2. The van der Waals surface area contributed by atoms with Gasteiger partial charge in [0.25, 0.3) is 0 Å². The van der Waals surface area contributed by atoms with Gasteiger partial charge in [-0.15, -0.1) is 0 Å². The van der Waals surface area contributed by atoms with Gasteiger partial charge in [0.05, 0.1) is 14.2 Å². The second-order valence-corrected chi connectivity index (χ2v) is 5.90. The first kappa shape index (κ1) is 13.6. The molecule has 4 nitrogen and oxygen atoms in total. The Hall–Kier alpha value is -1.42. The average molecular weight is 277 g/mol. The van der Waals surface area contributed by atoms with E-state index in [9.17, 15) is 0 Å². The molecule has 110 valence electrons. The Balaban J connectivity index is 1.98. The van der Waals surface area contributed by atoms with Crippen molar-refractivity contribution in [1.82, 2.24) is 0 Å². The lowest BCUT2D eigenvalue weighted by Crippen LogP contribution is -2.44. The van der Waals surface area contributed by atoms with Crippen LogP contribution in [0.1, 0.15) is 50.1 Å². The van der Waals surface area contributed by atoms with E-state index in [1.54, 1.807) is 14.2 Å². The minimum absolute atomic E-state index is 0.0108. The van der Waals surface area contributed by atoms with E-state index in [4.69, 9.17) is 19.9 Å². The number of hydrogen-bond acceptors (Lipinski definition) is 4. The molecule has 1 aromatic carbocycles. The van der Waals surface area contributed by atoms with E-state index in [0.29, 0.717) is 11.5 Å². The lowest BCUT2D eigenvalue weighted by molar-refractivity contribution is 0.00163. The zero-order valence-electron chi connectivity index (χ0n) is 12.3. The zero-order chi connectivity index (χ0) is 14.2. The third-order valence-corrected chi connectivity index (χ3v) is 4.60. The lowest BCUT2D eigenvalue weighted by atomic mass is 9.77. The second kappa shape index (κ2) is 5.17. The van der Waals surface area contributed by atoms with Crippen molar-refractivity contribution < 1.29 is 14.2 Å². The second-order valence-electron chi connectivity index (χ2n) is 5.90. The summed E-state index contributed by atoms with van der Waals surface area (Å²) in [7, 11) is 3.28. The average Bonchev–Trinajstić information content (AvgIpc) is 2.46. The van der Waals surface area contributed by atoms with E-state index in [-0.39, 0.29) is 11.6 Å². The standard InChI is InChI=1S/C16H23NO3/c1-18-14-8-11-12(17)10-16(6-4-3-5-7-16)20-13(11)9-15(14)19-2/h8-9,12H,3-7,10,17H2,1-2H3. The molecule has 1 heterocycles. The fourth-order valence-electron chi connectivity index (χ4n) is 3.54. The molecule has 0 radical (unpaired) electrons. The van der Waals surface area contributed by atoms with Gasteiger partial charge in [0.2, 0.25) is 0 Å². The summed E-state index contributed by atoms with van der Waals surface area (Å²) in [6.07, 6.45) is 6.88. The van der Waals surface area contributed by atoms with Crippen LogP contribution in [0, 0.1) is 0 Å². The van der Waals surface area contributed by atoms with Crippen LogP contribution in [0.4, 0.5) is 0 Å². The molecule has 3 rings (SSSR count). The minimum Gasteiger partial charge on any atom is -0.493 e. The summed E-state index contributed by atoms with van der Waals surface area (Å²) in [5.41, 5.74) is 7.35. The van der Waals surface area contributed by atoms with Gasteiger partial charge in [-0.2, -0.15) is 0 Å². The number of nitrogens with two attached hydrogens (primary N) is 1. The molecule has 1 atom stereocenters. The van der Waals surface area contributed by atoms with E-state index in [1.165, 1.54) is 19.3 Å². The highest BCUT2D eigenvalue weighted by Gasteiger charge is 2.41. The zero-order valence-corrected chi connectivity index (χ0v) is 12.3. The maximum Gasteiger partial charge on any atom is 0.164 e. The molecular formula is C16H23NO3. The fraction of sp³-hybridized carbons (Fsp3) is 0.625. The Morgan fingerprint density at radius 1 is 1.10 bits per heavy atom. The molecule has 0 saturated heterocycles. The maximum atomic E-state index is 6.39. The van der Waals surface area contributed by atoms with E-state index in [2.05, 4.69) is 0 Å². The van der Waals surface area contributed by atoms with Gasteiger partial charge in [0, 0.05) is 24.1 Å². The van der Waals surface area contributed by atoms with Crippen molar-refractivity contribution in [1.29, 1.82) is 0 Å². The van der Waals surface area contributed by atoms with Crippen molar-refractivity contribution in [3.8, 4) is 17.2 Å². The van der Waals surface area contributed by atoms with Crippen LogP contribution in [-0.4, -0.2) is 19.8 Å². The number of ether oxygens (including phenoxy) is 3. The molecule has 1 spiro atoms. The molecular weight excluding hydrogens is 254 g/mol. The number of hydrogen-bond donors (Lipinski definition) is 1.